The molecule has 0 N–H and O–H groups in total. The number of rotatable bonds is 1. The van der Waals surface area contributed by atoms with E-state index in [9.17, 15) is 0 Å². The van der Waals surface area contributed by atoms with Crippen molar-refractivity contribution in [2.45, 2.75) is 43.5 Å². The third-order valence-corrected chi connectivity index (χ3v) is 4.95. The van der Waals surface area contributed by atoms with Crippen LogP contribution in [0.2, 0.25) is 0 Å². The summed E-state index contributed by atoms with van der Waals surface area (Å²) in [6.45, 7) is 4.49. The molecule has 2 aliphatic rings. The zero-order valence-corrected chi connectivity index (χ0v) is 8.56. The van der Waals surface area contributed by atoms with E-state index in [0.29, 0.717) is 11.2 Å². The van der Waals surface area contributed by atoms with Crippen molar-refractivity contribution in [1.29, 1.82) is 0 Å². The molecule has 2 radical (unpaired) electrons. The summed E-state index contributed by atoms with van der Waals surface area (Å²) in [5, 5.41) is 0.540. The Kier molecular flexibility index (Phi) is 2.20. The summed E-state index contributed by atoms with van der Waals surface area (Å²) in [6, 6.07) is -0.0209. The number of fused-ring (bicyclic) bond motifs is 2. The van der Waals surface area contributed by atoms with Gasteiger partial charge in [-0.2, -0.15) is 11.8 Å². The number of thioether (sulfide) groups is 1. The van der Waals surface area contributed by atoms with Crippen molar-refractivity contribution < 1.29 is 4.74 Å². The Morgan fingerprint density at radius 2 is 2.42 bits per heavy atom. The van der Waals surface area contributed by atoms with Gasteiger partial charge in [0.15, 0.2) is 0 Å². The molecule has 2 fully saturated rings. The van der Waals surface area contributed by atoms with E-state index >= 15 is 0 Å². The predicted molar refractivity (Wildman–Crippen MR) is 53.7 cm³/mol. The quantitative estimate of drug-likeness (QED) is 0.572. The van der Waals surface area contributed by atoms with Gasteiger partial charge in [0.2, 0.25) is 0 Å². The van der Waals surface area contributed by atoms with Crippen LogP contribution >= 0.6 is 11.8 Å². The molecule has 2 heterocycles. The summed E-state index contributed by atoms with van der Waals surface area (Å²) < 4.78 is 5.89. The minimum atomic E-state index is -0.0209. The Hall–Kier alpha value is 0.375. The zero-order valence-electron chi connectivity index (χ0n) is 7.75. The van der Waals surface area contributed by atoms with Crippen LogP contribution in [0.25, 0.3) is 0 Å². The van der Waals surface area contributed by atoms with Crippen LogP contribution in [-0.2, 0) is 4.74 Å². The molecule has 0 aromatic heterocycles. The van der Waals surface area contributed by atoms with Crippen molar-refractivity contribution >= 4 is 19.6 Å². The van der Waals surface area contributed by atoms with E-state index in [1.165, 1.54) is 12.2 Å². The van der Waals surface area contributed by atoms with Crippen LogP contribution in [0.1, 0.15) is 26.7 Å². The van der Waals surface area contributed by atoms with Crippen molar-refractivity contribution in [2.24, 2.45) is 5.92 Å². The van der Waals surface area contributed by atoms with Crippen molar-refractivity contribution in [2.75, 3.05) is 5.75 Å². The average molecular weight is 182 g/mol. The van der Waals surface area contributed by atoms with E-state index in [2.05, 4.69) is 13.8 Å². The molecule has 66 valence electrons. The topological polar surface area (TPSA) is 9.23 Å². The molecule has 4 atom stereocenters. The minimum Gasteiger partial charge on any atom is -0.380 e. The van der Waals surface area contributed by atoms with Gasteiger partial charge in [-0.3, -0.25) is 0 Å². The van der Waals surface area contributed by atoms with Crippen LogP contribution in [0.3, 0.4) is 0 Å². The smallest absolute Gasteiger partial charge is 0.110 e. The Morgan fingerprint density at radius 1 is 1.67 bits per heavy atom. The lowest BCUT2D eigenvalue weighted by Gasteiger charge is -2.36. The number of ether oxygens (including phenoxy) is 1. The maximum Gasteiger partial charge on any atom is 0.110 e. The highest BCUT2D eigenvalue weighted by atomic mass is 32.2. The van der Waals surface area contributed by atoms with Gasteiger partial charge < -0.3 is 4.74 Å². The first kappa shape index (κ1) is 8.95. The largest absolute Gasteiger partial charge is 0.380 e. The SMILES string of the molecule is [B][C@@H]1O[C@@]2(CC)CCSC1[C@H]2C. The number of hydrogen-bond donors (Lipinski definition) is 0. The zero-order chi connectivity index (χ0) is 8.77. The van der Waals surface area contributed by atoms with Gasteiger partial charge in [-0.25, -0.2) is 0 Å². The Bertz CT molecular complexity index is 187. The monoisotopic (exact) mass is 182 g/mol. The van der Waals surface area contributed by atoms with Gasteiger partial charge in [0, 0.05) is 11.3 Å². The van der Waals surface area contributed by atoms with Gasteiger partial charge in [0.05, 0.1) is 5.60 Å². The molecule has 2 bridgehead atoms. The first-order valence-electron chi connectivity index (χ1n) is 4.74. The van der Waals surface area contributed by atoms with Crippen molar-refractivity contribution in [3.8, 4) is 0 Å². The van der Waals surface area contributed by atoms with Crippen molar-refractivity contribution in [3.05, 3.63) is 0 Å². The Balaban J connectivity index is 2.24. The van der Waals surface area contributed by atoms with E-state index in [0.717, 1.165) is 6.42 Å². The fraction of sp³-hybridized carbons (Fsp3) is 1.00. The Morgan fingerprint density at radius 3 is 3.00 bits per heavy atom. The van der Waals surface area contributed by atoms with Gasteiger partial charge in [0.25, 0.3) is 0 Å². The third-order valence-electron chi connectivity index (χ3n) is 3.45. The highest BCUT2D eigenvalue weighted by Gasteiger charge is 2.51. The lowest BCUT2D eigenvalue weighted by atomic mass is 9.81. The standard InChI is InChI=1S/C9H15BOS/c1-3-9-4-5-12-7(6(9)2)8(10)11-9/h6-8H,3-5H2,1-2H3/t6-,7?,8-,9+/m1/s1. The lowest BCUT2D eigenvalue weighted by Crippen LogP contribution is -2.38. The molecule has 3 heteroatoms. The van der Waals surface area contributed by atoms with Crippen LogP contribution < -0.4 is 0 Å². The maximum atomic E-state index is 5.93. The molecular weight excluding hydrogens is 167 g/mol. The lowest BCUT2D eigenvalue weighted by molar-refractivity contribution is -0.0357. The van der Waals surface area contributed by atoms with E-state index < -0.39 is 0 Å². The first-order chi connectivity index (χ1) is 5.69. The molecule has 2 saturated heterocycles. The average Bonchev–Trinajstić information content (AvgIpc) is 2.23. The normalized spacial score (nSPS) is 52.7. The summed E-state index contributed by atoms with van der Waals surface area (Å²) in [7, 11) is 5.93. The molecule has 1 nitrogen and oxygen atoms in total. The molecule has 0 amide bonds. The summed E-state index contributed by atoms with van der Waals surface area (Å²) in [5.41, 5.74) is 0.120. The molecule has 1 unspecified atom stereocenters. The highest BCUT2D eigenvalue weighted by Crippen LogP contribution is 2.50. The van der Waals surface area contributed by atoms with Gasteiger partial charge in [0.1, 0.15) is 7.85 Å². The highest BCUT2D eigenvalue weighted by molar-refractivity contribution is 8.00. The fourth-order valence-electron chi connectivity index (χ4n) is 2.50. The summed E-state index contributed by atoms with van der Waals surface area (Å²) >= 11 is 1.98. The van der Waals surface area contributed by atoms with E-state index in [4.69, 9.17) is 12.6 Å². The molecular formula is C9H15BOS. The molecule has 12 heavy (non-hydrogen) atoms. The van der Waals surface area contributed by atoms with Crippen LogP contribution in [0.5, 0.6) is 0 Å². The second-order valence-electron chi connectivity index (χ2n) is 3.87. The van der Waals surface area contributed by atoms with E-state index in [-0.39, 0.29) is 11.6 Å². The van der Waals surface area contributed by atoms with Crippen molar-refractivity contribution in [3.63, 3.8) is 0 Å². The summed E-state index contributed by atoms with van der Waals surface area (Å²) in [6.07, 6.45) is 2.29. The molecule has 2 aliphatic heterocycles. The second-order valence-corrected chi connectivity index (χ2v) is 5.16. The minimum absolute atomic E-state index is 0.0209. The van der Waals surface area contributed by atoms with Gasteiger partial charge in [-0.05, 0) is 24.5 Å². The maximum absolute atomic E-state index is 5.93. The van der Waals surface area contributed by atoms with Crippen LogP contribution in [0, 0.1) is 5.92 Å². The molecule has 0 aliphatic carbocycles. The molecule has 0 aromatic rings. The second kappa shape index (κ2) is 2.95. The summed E-state index contributed by atoms with van der Waals surface area (Å²) in [5.74, 6) is 1.85. The molecule has 0 spiro atoms. The van der Waals surface area contributed by atoms with Crippen molar-refractivity contribution in [1.82, 2.24) is 0 Å². The van der Waals surface area contributed by atoms with Gasteiger partial charge in [-0.15, -0.1) is 0 Å². The molecule has 0 aromatic carbocycles. The first-order valence-corrected chi connectivity index (χ1v) is 5.79. The summed E-state index contributed by atoms with van der Waals surface area (Å²) in [4.78, 5) is 0. The van der Waals surface area contributed by atoms with E-state index in [1.807, 2.05) is 11.8 Å². The van der Waals surface area contributed by atoms with Gasteiger partial charge >= 0.3 is 0 Å². The Labute approximate surface area is 80.0 Å². The van der Waals surface area contributed by atoms with Crippen LogP contribution in [0.4, 0.5) is 0 Å². The van der Waals surface area contributed by atoms with Crippen LogP contribution in [-0.4, -0.2) is 30.5 Å². The molecule has 2 rings (SSSR count). The molecule has 0 saturated carbocycles. The van der Waals surface area contributed by atoms with E-state index in [1.54, 1.807) is 0 Å². The predicted octanol–water partition coefficient (Wildman–Crippen LogP) is 1.80. The van der Waals surface area contributed by atoms with Crippen LogP contribution in [0.15, 0.2) is 0 Å². The van der Waals surface area contributed by atoms with Gasteiger partial charge in [-0.1, -0.05) is 13.8 Å². The third kappa shape index (κ3) is 1.06. The fourth-order valence-corrected chi connectivity index (χ4v) is 4.02. The number of hydrogen-bond acceptors (Lipinski definition) is 2.